The molecule has 0 fully saturated rings. The monoisotopic (exact) mass is 494 g/mol. The maximum absolute atomic E-state index is 12.0. The van der Waals surface area contributed by atoms with Gasteiger partial charge in [-0.05, 0) is 60.9 Å². The maximum Gasteiger partial charge on any atom is 0.318 e. The SMILES string of the molecule is COc1cc(C=NNC(=O)COc2cccc(C)c2C)ccc1Oc1ccc([N+](=O)[O-])cc1[N+](=O)[O-]. The summed E-state index contributed by atoms with van der Waals surface area (Å²) in [6.45, 7) is 3.64. The Morgan fingerprint density at radius 2 is 1.72 bits per heavy atom. The van der Waals surface area contributed by atoms with Gasteiger partial charge < -0.3 is 14.2 Å². The van der Waals surface area contributed by atoms with Gasteiger partial charge in [0.1, 0.15) is 5.75 Å². The van der Waals surface area contributed by atoms with Gasteiger partial charge in [0.2, 0.25) is 5.75 Å². The minimum atomic E-state index is -0.775. The molecule has 1 N–H and O–H groups in total. The molecular weight excluding hydrogens is 472 g/mol. The minimum absolute atomic E-state index is 0.137. The molecule has 0 aliphatic heterocycles. The third-order valence-corrected chi connectivity index (χ3v) is 5.07. The topological polar surface area (TPSA) is 155 Å². The second-order valence-corrected chi connectivity index (χ2v) is 7.46. The number of carbonyl (C=O) groups is 1. The van der Waals surface area contributed by atoms with Crippen molar-refractivity contribution in [2.75, 3.05) is 13.7 Å². The molecule has 3 aromatic rings. The fraction of sp³-hybridized carbons (Fsp3) is 0.167. The maximum atomic E-state index is 12.0. The van der Waals surface area contributed by atoms with Crippen LogP contribution in [0.3, 0.4) is 0 Å². The van der Waals surface area contributed by atoms with Gasteiger partial charge in [-0.2, -0.15) is 5.10 Å². The lowest BCUT2D eigenvalue weighted by Gasteiger charge is -2.11. The summed E-state index contributed by atoms with van der Waals surface area (Å²) >= 11 is 0. The van der Waals surface area contributed by atoms with Gasteiger partial charge in [-0.15, -0.1) is 0 Å². The molecule has 0 saturated carbocycles. The molecule has 0 heterocycles. The number of amides is 1. The molecule has 12 heteroatoms. The quantitative estimate of drug-likeness (QED) is 0.246. The molecule has 0 bridgehead atoms. The van der Waals surface area contributed by atoms with E-state index in [0.717, 1.165) is 29.3 Å². The van der Waals surface area contributed by atoms with Crippen LogP contribution in [0.5, 0.6) is 23.0 Å². The summed E-state index contributed by atoms with van der Waals surface area (Å²) in [6.07, 6.45) is 1.37. The van der Waals surface area contributed by atoms with E-state index in [1.807, 2.05) is 26.0 Å². The lowest BCUT2D eigenvalue weighted by molar-refractivity contribution is -0.394. The highest BCUT2D eigenvalue weighted by molar-refractivity contribution is 5.83. The average molecular weight is 494 g/mol. The lowest BCUT2D eigenvalue weighted by Crippen LogP contribution is -2.24. The van der Waals surface area contributed by atoms with E-state index in [2.05, 4.69) is 10.5 Å². The van der Waals surface area contributed by atoms with Crippen LogP contribution in [0.25, 0.3) is 0 Å². The number of nitro benzene ring substituents is 2. The van der Waals surface area contributed by atoms with Crippen LogP contribution in [0.1, 0.15) is 16.7 Å². The van der Waals surface area contributed by atoms with Crippen LogP contribution in [0.2, 0.25) is 0 Å². The van der Waals surface area contributed by atoms with Crippen molar-refractivity contribution in [3.8, 4) is 23.0 Å². The number of benzene rings is 3. The Morgan fingerprint density at radius 3 is 2.42 bits per heavy atom. The van der Waals surface area contributed by atoms with Gasteiger partial charge in [0.05, 0.1) is 29.2 Å². The molecule has 0 aliphatic carbocycles. The summed E-state index contributed by atoms with van der Waals surface area (Å²) < 4.78 is 16.4. The Hall–Kier alpha value is -5.00. The molecule has 0 aromatic heterocycles. The average Bonchev–Trinajstić information content (AvgIpc) is 2.85. The lowest BCUT2D eigenvalue weighted by atomic mass is 10.1. The van der Waals surface area contributed by atoms with Crippen LogP contribution in [0, 0.1) is 34.1 Å². The van der Waals surface area contributed by atoms with E-state index in [4.69, 9.17) is 14.2 Å². The Kier molecular flexibility index (Phi) is 8.13. The van der Waals surface area contributed by atoms with E-state index < -0.39 is 27.1 Å². The van der Waals surface area contributed by atoms with E-state index in [0.29, 0.717) is 11.3 Å². The third-order valence-electron chi connectivity index (χ3n) is 5.07. The fourth-order valence-corrected chi connectivity index (χ4v) is 3.05. The number of ether oxygens (including phenoxy) is 3. The number of hydrogen-bond acceptors (Lipinski definition) is 9. The van der Waals surface area contributed by atoms with Crippen molar-refractivity contribution in [1.82, 2.24) is 5.43 Å². The number of methoxy groups -OCH3 is 1. The number of non-ortho nitro benzene ring substituents is 1. The number of carbonyl (C=O) groups excluding carboxylic acids is 1. The van der Waals surface area contributed by atoms with Crippen molar-refractivity contribution in [2.24, 2.45) is 5.10 Å². The van der Waals surface area contributed by atoms with Crippen LogP contribution in [-0.4, -0.2) is 35.7 Å². The first-order valence-electron chi connectivity index (χ1n) is 10.5. The van der Waals surface area contributed by atoms with Crippen LogP contribution in [0.15, 0.2) is 59.7 Å². The number of aryl methyl sites for hydroxylation is 1. The summed E-state index contributed by atoms with van der Waals surface area (Å²) in [5, 5.41) is 26.1. The number of nitro groups is 2. The second kappa shape index (κ2) is 11.4. The molecule has 3 aromatic carbocycles. The Balaban J connectivity index is 1.66. The van der Waals surface area contributed by atoms with Crippen molar-refractivity contribution in [2.45, 2.75) is 13.8 Å². The highest BCUT2D eigenvalue weighted by Gasteiger charge is 2.22. The molecule has 36 heavy (non-hydrogen) atoms. The first kappa shape index (κ1) is 25.6. The van der Waals surface area contributed by atoms with Gasteiger partial charge in [0.25, 0.3) is 11.6 Å². The molecule has 12 nitrogen and oxygen atoms in total. The van der Waals surface area contributed by atoms with Gasteiger partial charge in [0.15, 0.2) is 18.1 Å². The van der Waals surface area contributed by atoms with Gasteiger partial charge in [0, 0.05) is 6.07 Å². The molecule has 0 unspecified atom stereocenters. The predicted molar refractivity (Wildman–Crippen MR) is 130 cm³/mol. The summed E-state index contributed by atoms with van der Waals surface area (Å²) in [6, 6.07) is 13.2. The summed E-state index contributed by atoms with van der Waals surface area (Å²) in [4.78, 5) is 32.8. The Bertz CT molecular complexity index is 1340. The molecule has 1 amide bonds. The number of nitrogens with one attached hydrogen (secondary N) is 1. The fourth-order valence-electron chi connectivity index (χ4n) is 3.05. The molecule has 0 aliphatic rings. The van der Waals surface area contributed by atoms with Crippen molar-refractivity contribution in [3.63, 3.8) is 0 Å². The smallest absolute Gasteiger partial charge is 0.318 e. The third kappa shape index (κ3) is 6.32. The van der Waals surface area contributed by atoms with Crippen LogP contribution in [0.4, 0.5) is 11.4 Å². The zero-order valence-electron chi connectivity index (χ0n) is 19.6. The van der Waals surface area contributed by atoms with E-state index >= 15 is 0 Å². The number of hydrazone groups is 1. The molecule has 186 valence electrons. The van der Waals surface area contributed by atoms with Gasteiger partial charge in [-0.25, -0.2) is 5.43 Å². The Labute approximate surface area is 205 Å². The molecule has 0 radical (unpaired) electrons. The van der Waals surface area contributed by atoms with E-state index in [9.17, 15) is 25.0 Å². The first-order chi connectivity index (χ1) is 17.2. The zero-order chi connectivity index (χ0) is 26.2. The van der Waals surface area contributed by atoms with Crippen LogP contribution >= 0.6 is 0 Å². The predicted octanol–water partition coefficient (Wildman–Crippen LogP) is 4.45. The number of hydrogen-bond donors (Lipinski definition) is 1. The largest absolute Gasteiger partial charge is 0.493 e. The van der Waals surface area contributed by atoms with Crippen LogP contribution in [-0.2, 0) is 4.79 Å². The highest BCUT2D eigenvalue weighted by atomic mass is 16.6. The van der Waals surface area contributed by atoms with E-state index in [-0.39, 0.29) is 23.9 Å². The van der Waals surface area contributed by atoms with Crippen molar-refractivity contribution >= 4 is 23.5 Å². The summed E-state index contributed by atoms with van der Waals surface area (Å²) in [7, 11) is 1.37. The van der Waals surface area contributed by atoms with Crippen LogP contribution < -0.4 is 19.6 Å². The molecule has 0 atom stereocenters. The van der Waals surface area contributed by atoms with Crippen molar-refractivity contribution in [3.05, 3.63) is 91.5 Å². The second-order valence-electron chi connectivity index (χ2n) is 7.46. The zero-order valence-corrected chi connectivity index (χ0v) is 19.6. The standard InChI is InChI=1S/C24H22N4O8/c1-15-5-4-6-20(16(15)2)35-14-24(29)26-25-13-17-7-9-22(23(11-17)34-3)36-21-10-8-18(27(30)31)12-19(21)28(32)33/h4-13H,14H2,1-3H3,(H,26,29). The van der Waals surface area contributed by atoms with Gasteiger partial charge in [-0.3, -0.25) is 25.0 Å². The Morgan fingerprint density at radius 1 is 0.972 bits per heavy atom. The summed E-state index contributed by atoms with van der Waals surface area (Å²) in [5.41, 5.74) is 3.90. The number of rotatable bonds is 10. The van der Waals surface area contributed by atoms with Crippen molar-refractivity contribution < 1.29 is 28.9 Å². The van der Waals surface area contributed by atoms with Crippen molar-refractivity contribution in [1.29, 1.82) is 0 Å². The molecule has 0 spiro atoms. The molecule has 3 rings (SSSR count). The highest BCUT2D eigenvalue weighted by Crippen LogP contribution is 2.38. The van der Waals surface area contributed by atoms with Gasteiger partial charge in [-0.1, -0.05) is 12.1 Å². The summed E-state index contributed by atoms with van der Waals surface area (Å²) in [5.74, 6) is 0.322. The van der Waals surface area contributed by atoms with E-state index in [1.165, 1.54) is 25.5 Å². The van der Waals surface area contributed by atoms with E-state index in [1.54, 1.807) is 12.1 Å². The minimum Gasteiger partial charge on any atom is -0.493 e. The molecular formula is C24H22N4O8. The molecule has 0 saturated heterocycles. The normalized spacial score (nSPS) is 10.6. The first-order valence-corrected chi connectivity index (χ1v) is 10.5. The van der Waals surface area contributed by atoms with Gasteiger partial charge >= 0.3 is 5.69 Å². The number of nitrogens with zero attached hydrogens (tertiary/aromatic N) is 3.